The molecule has 0 rings (SSSR count). The lowest BCUT2D eigenvalue weighted by molar-refractivity contribution is -0.137. The number of amides is 1. The molecule has 0 fully saturated rings. The first-order valence-corrected chi connectivity index (χ1v) is 5.13. The number of hydrogen-bond donors (Lipinski definition) is 2. The highest BCUT2D eigenvalue weighted by Gasteiger charge is 2.31. The van der Waals surface area contributed by atoms with Gasteiger partial charge in [0, 0.05) is 6.54 Å². The van der Waals surface area contributed by atoms with Crippen molar-refractivity contribution in [2.45, 2.75) is 33.2 Å². The maximum absolute atomic E-state index is 12.2. The topological polar surface area (TPSA) is 66.6 Å². The third-order valence-electron chi connectivity index (χ3n) is 2.24. The lowest BCUT2D eigenvalue weighted by Gasteiger charge is -2.31. The minimum absolute atomic E-state index is 0.118. The van der Waals surface area contributed by atoms with E-state index in [4.69, 9.17) is 10.8 Å². The predicted octanol–water partition coefficient (Wildman–Crippen LogP) is 0.446. The lowest BCUT2D eigenvalue weighted by atomic mass is 9.86. The number of carbonyl (C=O) groups is 1. The Labute approximate surface area is 94.4 Å². The summed E-state index contributed by atoms with van der Waals surface area (Å²) < 4.78 is 24.4. The fourth-order valence-electron chi connectivity index (χ4n) is 1.15. The molecule has 3 N–H and O–H groups in total. The van der Waals surface area contributed by atoms with Crippen LogP contribution in [0.4, 0.5) is 8.78 Å². The molecule has 0 bridgehead atoms. The van der Waals surface area contributed by atoms with Crippen LogP contribution in [0.3, 0.4) is 0 Å². The van der Waals surface area contributed by atoms with Crippen molar-refractivity contribution in [3.05, 3.63) is 0 Å². The van der Waals surface area contributed by atoms with E-state index in [1.807, 2.05) is 0 Å². The predicted molar refractivity (Wildman–Crippen MR) is 57.1 cm³/mol. The molecule has 0 aliphatic rings. The summed E-state index contributed by atoms with van der Waals surface area (Å²) >= 11 is 0. The van der Waals surface area contributed by atoms with Crippen molar-refractivity contribution in [3.63, 3.8) is 0 Å². The molecule has 0 aromatic rings. The van der Waals surface area contributed by atoms with Crippen LogP contribution in [0.5, 0.6) is 0 Å². The van der Waals surface area contributed by atoms with E-state index in [-0.39, 0.29) is 13.2 Å². The Balaban J connectivity index is 4.60. The SMILES string of the molecule is CC(C)(C)C(N)C(=O)N(CCO)CC(F)F. The fraction of sp³-hybridized carbons (Fsp3) is 0.900. The molecule has 0 saturated heterocycles. The third-order valence-corrected chi connectivity index (χ3v) is 2.24. The molecule has 0 aromatic carbocycles. The van der Waals surface area contributed by atoms with Crippen molar-refractivity contribution >= 4 is 5.91 Å². The monoisotopic (exact) mass is 238 g/mol. The molecule has 0 saturated carbocycles. The van der Waals surface area contributed by atoms with E-state index in [1.165, 1.54) is 0 Å². The second kappa shape index (κ2) is 6.10. The summed E-state index contributed by atoms with van der Waals surface area (Å²) in [6.07, 6.45) is -2.62. The van der Waals surface area contributed by atoms with Gasteiger partial charge in [-0.1, -0.05) is 20.8 Å². The van der Waals surface area contributed by atoms with Crippen LogP contribution in [0.1, 0.15) is 20.8 Å². The minimum Gasteiger partial charge on any atom is -0.395 e. The Bertz CT molecular complexity index is 229. The van der Waals surface area contributed by atoms with Crippen LogP contribution >= 0.6 is 0 Å². The van der Waals surface area contributed by atoms with Gasteiger partial charge in [0.25, 0.3) is 6.43 Å². The summed E-state index contributed by atoms with van der Waals surface area (Å²) in [6, 6.07) is -0.849. The van der Waals surface area contributed by atoms with Crippen molar-refractivity contribution < 1.29 is 18.7 Å². The van der Waals surface area contributed by atoms with E-state index in [9.17, 15) is 13.6 Å². The summed E-state index contributed by atoms with van der Waals surface area (Å²) in [6.45, 7) is 4.12. The summed E-state index contributed by atoms with van der Waals surface area (Å²) in [5.74, 6) is -0.554. The zero-order valence-corrected chi connectivity index (χ0v) is 9.91. The van der Waals surface area contributed by atoms with Crippen molar-refractivity contribution in [1.82, 2.24) is 4.90 Å². The van der Waals surface area contributed by atoms with Gasteiger partial charge in [-0.2, -0.15) is 0 Å². The number of alkyl halides is 2. The molecule has 1 amide bonds. The van der Waals surface area contributed by atoms with Gasteiger partial charge < -0.3 is 15.7 Å². The molecule has 0 aliphatic heterocycles. The van der Waals surface area contributed by atoms with Gasteiger partial charge in [0.05, 0.1) is 19.2 Å². The average Bonchev–Trinajstić information content (AvgIpc) is 2.12. The number of nitrogens with two attached hydrogens (primary N) is 1. The molecule has 1 unspecified atom stereocenters. The average molecular weight is 238 g/mol. The van der Waals surface area contributed by atoms with Crippen molar-refractivity contribution in [2.24, 2.45) is 11.1 Å². The smallest absolute Gasteiger partial charge is 0.255 e. The first kappa shape index (κ1) is 15.2. The molecule has 0 spiro atoms. The third kappa shape index (κ3) is 4.85. The Kier molecular flexibility index (Phi) is 5.81. The maximum Gasteiger partial charge on any atom is 0.255 e. The Morgan fingerprint density at radius 1 is 1.44 bits per heavy atom. The Morgan fingerprint density at radius 3 is 2.25 bits per heavy atom. The maximum atomic E-state index is 12.2. The Morgan fingerprint density at radius 2 is 1.94 bits per heavy atom. The van der Waals surface area contributed by atoms with Gasteiger partial charge in [-0.05, 0) is 5.41 Å². The standard InChI is InChI=1S/C10H20F2N2O2/c1-10(2,3)8(13)9(16)14(4-5-15)6-7(11)12/h7-8,15H,4-6,13H2,1-3H3. The molecule has 0 aromatic heterocycles. The van der Waals surface area contributed by atoms with Gasteiger partial charge in [0.1, 0.15) is 0 Å². The van der Waals surface area contributed by atoms with Crippen LogP contribution in [-0.4, -0.2) is 48.1 Å². The number of carbonyl (C=O) groups excluding carboxylic acids is 1. The van der Waals surface area contributed by atoms with Gasteiger partial charge >= 0.3 is 0 Å². The number of hydrogen-bond acceptors (Lipinski definition) is 3. The summed E-state index contributed by atoms with van der Waals surface area (Å²) in [7, 11) is 0. The second-order valence-corrected chi connectivity index (χ2v) is 4.74. The summed E-state index contributed by atoms with van der Waals surface area (Å²) in [4.78, 5) is 12.7. The van der Waals surface area contributed by atoms with Gasteiger partial charge in [0.2, 0.25) is 5.91 Å². The van der Waals surface area contributed by atoms with Gasteiger partial charge in [-0.3, -0.25) is 4.79 Å². The molecule has 6 heteroatoms. The number of halogens is 2. The Hall–Kier alpha value is -0.750. The molecule has 0 heterocycles. The molecule has 96 valence electrons. The molecule has 0 aliphatic carbocycles. The van der Waals surface area contributed by atoms with Gasteiger partial charge in [0.15, 0.2) is 0 Å². The molecule has 4 nitrogen and oxygen atoms in total. The normalized spacial score (nSPS) is 14.0. The van der Waals surface area contributed by atoms with E-state index in [2.05, 4.69) is 0 Å². The number of nitrogens with zero attached hydrogens (tertiary/aromatic N) is 1. The first-order chi connectivity index (χ1) is 7.20. The number of aliphatic hydroxyl groups excluding tert-OH is 1. The van der Waals surface area contributed by atoms with Gasteiger partial charge in [-0.15, -0.1) is 0 Å². The molecule has 0 radical (unpaired) electrons. The fourth-order valence-corrected chi connectivity index (χ4v) is 1.15. The summed E-state index contributed by atoms with van der Waals surface area (Å²) in [5, 5.41) is 8.70. The van der Waals surface area contributed by atoms with E-state index in [0.29, 0.717) is 0 Å². The lowest BCUT2D eigenvalue weighted by Crippen LogP contribution is -2.52. The molecular weight excluding hydrogens is 218 g/mol. The van der Waals surface area contributed by atoms with Gasteiger partial charge in [-0.25, -0.2) is 8.78 Å². The van der Waals surface area contributed by atoms with Crippen LogP contribution in [0.2, 0.25) is 0 Å². The van der Waals surface area contributed by atoms with Crippen LogP contribution in [0.15, 0.2) is 0 Å². The first-order valence-electron chi connectivity index (χ1n) is 5.13. The van der Waals surface area contributed by atoms with Crippen LogP contribution in [0, 0.1) is 5.41 Å². The van der Waals surface area contributed by atoms with Crippen molar-refractivity contribution in [2.75, 3.05) is 19.7 Å². The van der Waals surface area contributed by atoms with Crippen LogP contribution < -0.4 is 5.73 Å². The van der Waals surface area contributed by atoms with E-state index >= 15 is 0 Å². The summed E-state index contributed by atoms with van der Waals surface area (Å²) in [5.41, 5.74) is 5.19. The number of rotatable bonds is 5. The molecular formula is C10H20F2N2O2. The largest absolute Gasteiger partial charge is 0.395 e. The van der Waals surface area contributed by atoms with E-state index in [1.54, 1.807) is 20.8 Å². The molecule has 1 atom stereocenters. The highest BCUT2D eigenvalue weighted by molar-refractivity contribution is 5.82. The van der Waals surface area contributed by atoms with Crippen molar-refractivity contribution in [1.29, 1.82) is 0 Å². The van der Waals surface area contributed by atoms with Crippen LogP contribution in [-0.2, 0) is 4.79 Å². The number of aliphatic hydroxyl groups is 1. The quantitative estimate of drug-likeness (QED) is 0.730. The van der Waals surface area contributed by atoms with Crippen LogP contribution in [0.25, 0.3) is 0 Å². The van der Waals surface area contributed by atoms with E-state index in [0.717, 1.165) is 4.90 Å². The highest BCUT2D eigenvalue weighted by Crippen LogP contribution is 2.19. The zero-order chi connectivity index (χ0) is 12.9. The zero-order valence-electron chi connectivity index (χ0n) is 9.91. The second-order valence-electron chi connectivity index (χ2n) is 4.74. The molecule has 16 heavy (non-hydrogen) atoms. The highest BCUT2D eigenvalue weighted by atomic mass is 19.3. The minimum atomic E-state index is -2.62. The van der Waals surface area contributed by atoms with E-state index < -0.39 is 30.3 Å². The van der Waals surface area contributed by atoms with Crippen molar-refractivity contribution in [3.8, 4) is 0 Å².